The molecule has 0 bridgehead atoms. The fourth-order valence-electron chi connectivity index (χ4n) is 1.52. The molecule has 0 saturated heterocycles. The molecule has 0 aliphatic heterocycles. The maximum atomic E-state index is 4.13. The number of anilines is 1. The van der Waals surface area contributed by atoms with Crippen molar-refractivity contribution in [1.82, 2.24) is 15.0 Å². The standard InChI is InChI=1S/C12H16N4.C2H6/c1-4-16-9-12(13-14-16)10-5-7-11(8-6-10)15(2)3;1-2/h5-9H,4H2,1-3H3;1-2H3. The minimum Gasteiger partial charge on any atom is -0.378 e. The van der Waals surface area contributed by atoms with E-state index in [-0.39, 0.29) is 0 Å². The number of aryl methyl sites for hydroxylation is 1. The quantitative estimate of drug-likeness (QED) is 0.834. The Bertz CT molecular complexity index is 457. The molecule has 0 fully saturated rings. The van der Waals surface area contributed by atoms with Gasteiger partial charge in [-0.25, -0.2) is 0 Å². The number of benzene rings is 1. The van der Waals surface area contributed by atoms with Crippen LogP contribution in [0.15, 0.2) is 30.5 Å². The summed E-state index contributed by atoms with van der Waals surface area (Å²) >= 11 is 0. The molecule has 1 aromatic carbocycles. The van der Waals surface area contributed by atoms with Crippen LogP contribution >= 0.6 is 0 Å². The van der Waals surface area contributed by atoms with E-state index >= 15 is 0 Å². The van der Waals surface area contributed by atoms with Gasteiger partial charge in [-0.05, 0) is 19.1 Å². The Balaban J connectivity index is 0.000000771. The van der Waals surface area contributed by atoms with E-state index in [1.807, 2.05) is 45.7 Å². The van der Waals surface area contributed by atoms with E-state index < -0.39 is 0 Å². The molecule has 0 unspecified atom stereocenters. The van der Waals surface area contributed by atoms with Gasteiger partial charge >= 0.3 is 0 Å². The van der Waals surface area contributed by atoms with Gasteiger partial charge in [0.2, 0.25) is 0 Å². The normalized spacial score (nSPS) is 9.61. The number of nitrogens with zero attached hydrogens (tertiary/aromatic N) is 4. The number of hydrogen-bond donors (Lipinski definition) is 0. The first kappa shape index (κ1) is 14.2. The van der Waals surface area contributed by atoms with E-state index in [1.165, 1.54) is 5.69 Å². The van der Waals surface area contributed by atoms with Crippen molar-refractivity contribution in [1.29, 1.82) is 0 Å². The zero-order valence-electron chi connectivity index (χ0n) is 11.9. The third-order valence-electron chi connectivity index (χ3n) is 2.54. The summed E-state index contributed by atoms with van der Waals surface area (Å²) in [4.78, 5) is 2.08. The summed E-state index contributed by atoms with van der Waals surface area (Å²) in [6.07, 6.45) is 1.96. The molecular formula is C14H22N4. The van der Waals surface area contributed by atoms with Gasteiger partial charge in [0.15, 0.2) is 0 Å². The average molecular weight is 246 g/mol. The minimum absolute atomic E-state index is 0.850. The summed E-state index contributed by atoms with van der Waals surface area (Å²) in [6, 6.07) is 8.30. The third-order valence-corrected chi connectivity index (χ3v) is 2.54. The monoisotopic (exact) mass is 246 g/mol. The highest BCUT2D eigenvalue weighted by Gasteiger charge is 2.03. The second kappa shape index (κ2) is 6.79. The average Bonchev–Trinajstić information content (AvgIpc) is 2.90. The fourth-order valence-corrected chi connectivity index (χ4v) is 1.52. The molecule has 2 rings (SSSR count). The Morgan fingerprint density at radius 3 is 2.17 bits per heavy atom. The van der Waals surface area contributed by atoms with Crippen LogP contribution in [-0.4, -0.2) is 29.1 Å². The highest BCUT2D eigenvalue weighted by atomic mass is 15.4. The molecule has 0 aliphatic carbocycles. The molecule has 0 N–H and O–H groups in total. The molecule has 0 atom stereocenters. The first-order valence-electron chi connectivity index (χ1n) is 6.38. The number of hydrogen-bond acceptors (Lipinski definition) is 3. The zero-order chi connectivity index (χ0) is 13.5. The topological polar surface area (TPSA) is 34.0 Å². The van der Waals surface area contributed by atoms with Crippen molar-refractivity contribution in [2.75, 3.05) is 19.0 Å². The first-order valence-corrected chi connectivity index (χ1v) is 6.38. The minimum atomic E-state index is 0.850. The van der Waals surface area contributed by atoms with E-state index in [2.05, 4.69) is 39.5 Å². The molecule has 0 aliphatic rings. The molecule has 2 aromatic rings. The zero-order valence-corrected chi connectivity index (χ0v) is 11.9. The Hall–Kier alpha value is -1.84. The van der Waals surface area contributed by atoms with Crippen molar-refractivity contribution in [2.24, 2.45) is 0 Å². The molecule has 98 valence electrons. The van der Waals surface area contributed by atoms with E-state index in [9.17, 15) is 0 Å². The Kier molecular flexibility index (Phi) is 5.36. The van der Waals surface area contributed by atoms with E-state index in [0.29, 0.717) is 0 Å². The number of aromatic nitrogens is 3. The summed E-state index contributed by atoms with van der Waals surface area (Å²) < 4.78 is 1.83. The second-order valence-electron chi connectivity index (χ2n) is 3.90. The van der Waals surface area contributed by atoms with Crippen LogP contribution in [0, 0.1) is 0 Å². The maximum Gasteiger partial charge on any atom is 0.113 e. The fraction of sp³-hybridized carbons (Fsp3) is 0.429. The predicted octanol–water partition coefficient (Wildman–Crippen LogP) is 3.06. The molecule has 0 saturated carbocycles. The van der Waals surface area contributed by atoms with Crippen LogP contribution in [0.1, 0.15) is 20.8 Å². The Morgan fingerprint density at radius 1 is 1.11 bits per heavy atom. The van der Waals surface area contributed by atoms with Gasteiger partial charge in [0.25, 0.3) is 0 Å². The summed E-state index contributed by atoms with van der Waals surface area (Å²) in [7, 11) is 4.06. The van der Waals surface area contributed by atoms with E-state index in [4.69, 9.17) is 0 Å². The summed E-state index contributed by atoms with van der Waals surface area (Å²) in [5, 5.41) is 8.16. The molecule has 18 heavy (non-hydrogen) atoms. The van der Waals surface area contributed by atoms with Gasteiger partial charge in [-0.15, -0.1) is 5.10 Å². The molecular weight excluding hydrogens is 224 g/mol. The highest BCUT2D eigenvalue weighted by molar-refractivity contribution is 5.61. The van der Waals surface area contributed by atoms with Gasteiger partial charge in [0, 0.05) is 31.9 Å². The van der Waals surface area contributed by atoms with Crippen molar-refractivity contribution < 1.29 is 0 Å². The van der Waals surface area contributed by atoms with Gasteiger partial charge in [-0.1, -0.05) is 31.2 Å². The predicted molar refractivity (Wildman–Crippen MR) is 76.8 cm³/mol. The molecule has 0 spiro atoms. The van der Waals surface area contributed by atoms with Crippen LogP contribution in [-0.2, 0) is 6.54 Å². The van der Waals surface area contributed by atoms with Gasteiger partial charge in [-0.3, -0.25) is 4.68 Å². The molecule has 0 radical (unpaired) electrons. The molecule has 4 heteroatoms. The van der Waals surface area contributed by atoms with Crippen LogP contribution in [0.3, 0.4) is 0 Å². The highest BCUT2D eigenvalue weighted by Crippen LogP contribution is 2.19. The number of rotatable bonds is 3. The van der Waals surface area contributed by atoms with Crippen LogP contribution in [0.5, 0.6) is 0 Å². The van der Waals surface area contributed by atoms with Crippen molar-refractivity contribution >= 4 is 5.69 Å². The van der Waals surface area contributed by atoms with Crippen molar-refractivity contribution in [3.8, 4) is 11.3 Å². The smallest absolute Gasteiger partial charge is 0.113 e. The maximum absolute atomic E-state index is 4.13. The summed E-state index contributed by atoms with van der Waals surface area (Å²) in [5.41, 5.74) is 3.21. The van der Waals surface area contributed by atoms with E-state index in [1.54, 1.807) is 0 Å². The van der Waals surface area contributed by atoms with Gasteiger partial charge in [0.05, 0.1) is 6.20 Å². The Morgan fingerprint density at radius 2 is 1.72 bits per heavy atom. The van der Waals surface area contributed by atoms with Crippen LogP contribution in [0.4, 0.5) is 5.69 Å². The summed E-state index contributed by atoms with van der Waals surface area (Å²) in [5.74, 6) is 0. The lowest BCUT2D eigenvalue weighted by Crippen LogP contribution is -2.07. The van der Waals surface area contributed by atoms with Crippen LogP contribution < -0.4 is 4.90 Å². The molecule has 1 aromatic heterocycles. The first-order chi connectivity index (χ1) is 8.70. The van der Waals surface area contributed by atoms with Gasteiger partial charge in [0.1, 0.15) is 5.69 Å². The van der Waals surface area contributed by atoms with Crippen molar-refractivity contribution in [3.63, 3.8) is 0 Å². The lowest BCUT2D eigenvalue weighted by Gasteiger charge is -2.11. The lowest BCUT2D eigenvalue weighted by molar-refractivity contribution is 0.627. The third kappa shape index (κ3) is 3.32. The summed E-state index contributed by atoms with van der Waals surface area (Å²) in [6.45, 7) is 6.90. The second-order valence-corrected chi connectivity index (χ2v) is 3.90. The van der Waals surface area contributed by atoms with Gasteiger partial charge in [-0.2, -0.15) is 0 Å². The molecule has 1 heterocycles. The Labute approximate surface area is 109 Å². The van der Waals surface area contributed by atoms with Crippen molar-refractivity contribution in [3.05, 3.63) is 30.5 Å². The SMILES string of the molecule is CC.CCn1cc(-c2ccc(N(C)C)cc2)nn1. The molecule has 0 amide bonds. The van der Waals surface area contributed by atoms with Gasteiger partial charge < -0.3 is 4.90 Å². The molecule has 4 nitrogen and oxygen atoms in total. The van der Waals surface area contributed by atoms with E-state index in [0.717, 1.165) is 17.8 Å². The van der Waals surface area contributed by atoms with Crippen LogP contribution in [0.25, 0.3) is 11.3 Å². The largest absolute Gasteiger partial charge is 0.378 e. The van der Waals surface area contributed by atoms with Crippen molar-refractivity contribution in [2.45, 2.75) is 27.3 Å². The lowest BCUT2D eigenvalue weighted by atomic mass is 10.1. The van der Waals surface area contributed by atoms with Crippen LogP contribution in [0.2, 0.25) is 0 Å².